The number of rotatable bonds is 20. The lowest BCUT2D eigenvalue weighted by atomic mass is 9.96. The highest BCUT2D eigenvalue weighted by molar-refractivity contribution is 4.96. The van der Waals surface area contributed by atoms with Gasteiger partial charge in [0.15, 0.2) is 25.2 Å². The van der Waals surface area contributed by atoms with Gasteiger partial charge in [-0.25, -0.2) is 0 Å². The first kappa shape index (κ1) is 44.5. The molecule has 3 aliphatic rings. The van der Waals surface area contributed by atoms with E-state index in [1.165, 1.54) is 6.92 Å². The monoisotopic (exact) mass is 753 g/mol. The predicted molar refractivity (Wildman–Crippen MR) is 163 cm³/mol. The summed E-state index contributed by atoms with van der Waals surface area (Å²) in [5.41, 5.74) is 5.46. The lowest BCUT2D eigenvalue weighted by molar-refractivity contribution is -0.382. The van der Waals surface area contributed by atoms with Crippen molar-refractivity contribution in [2.45, 2.75) is 136 Å². The third-order valence-corrected chi connectivity index (χ3v) is 8.82. The molecule has 3 fully saturated rings. The standard InChI is InChI=1S/C29H55NO21/c1-11(13(7-32)46-26(12(36)6-31)44-5-3-2-4-30)45-27-22(42)19(39)24(15(9-34)48-27)51-29-23(43)20(40)25(16(10-35)49-29)50-28-21(41)18(38)17(37)14(8-33)47-28/h11-29,31-43H,2-10,30H2,1H3/t11-,12-,13?,14?,15?,16?,17?,18?,19?,20?,21?,22?,23?,24?,25?,26?,27?,28?,29?/m0/s1. The van der Waals surface area contributed by atoms with Crippen LogP contribution in [-0.2, 0) is 37.9 Å². The van der Waals surface area contributed by atoms with E-state index < -0.39 is 150 Å². The van der Waals surface area contributed by atoms with E-state index in [-0.39, 0.29) is 6.61 Å². The summed E-state index contributed by atoms with van der Waals surface area (Å²) >= 11 is 0. The summed E-state index contributed by atoms with van der Waals surface area (Å²) in [6, 6.07) is 0. The van der Waals surface area contributed by atoms with Crippen LogP contribution >= 0.6 is 0 Å². The van der Waals surface area contributed by atoms with Gasteiger partial charge >= 0.3 is 0 Å². The largest absolute Gasteiger partial charge is 0.394 e. The number of hydrogen-bond donors (Lipinski definition) is 14. The number of unbranched alkanes of at least 4 members (excludes halogenated alkanes) is 1. The van der Waals surface area contributed by atoms with Crippen LogP contribution in [-0.4, -0.2) is 229 Å². The molecule has 51 heavy (non-hydrogen) atoms. The number of nitrogens with two attached hydrogens (primary N) is 1. The Bertz CT molecular complexity index is 969. The molecule has 0 bridgehead atoms. The molecule has 15 N–H and O–H groups in total. The first-order valence-electron chi connectivity index (χ1n) is 16.7. The summed E-state index contributed by atoms with van der Waals surface area (Å²) in [5, 5.41) is 133. The Balaban J connectivity index is 1.65. The highest BCUT2D eigenvalue weighted by atomic mass is 16.8. The number of aliphatic hydroxyl groups excluding tert-OH is 13. The van der Waals surface area contributed by atoms with Gasteiger partial charge < -0.3 is 110 Å². The van der Waals surface area contributed by atoms with Gasteiger partial charge in [-0.1, -0.05) is 0 Å². The number of aliphatic hydroxyl groups is 13. The van der Waals surface area contributed by atoms with Crippen LogP contribution in [0, 0.1) is 0 Å². The van der Waals surface area contributed by atoms with Crippen molar-refractivity contribution in [1.29, 1.82) is 0 Å². The molecule has 3 rings (SSSR count). The third kappa shape index (κ3) is 11.1. The molecular formula is C29H55NO21. The summed E-state index contributed by atoms with van der Waals surface area (Å²) in [6.07, 6.45) is -30.1. The fourth-order valence-corrected chi connectivity index (χ4v) is 5.70. The van der Waals surface area contributed by atoms with Crippen LogP contribution in [0.2, 0.25) is 0 Å². The Kier molecular flexibility index (Phi) is 18.6. The predicted octanol–water partition coefficient (Wildman–Crippen LogP) is -8.35. The molecule has 0 aromatic carbocycles. The second-order valence-corrected chi connectivity index (χ2v) is 12.5. The smallest absolute Gasteiger partial charge is 0.187 e. The molecule has 0 aromatic rings. The van der Waals surface area contributed by atoms with Gasteiger partial charge in [-0.05, 0) is 26.3 Å². The quantitative estimate of drug-likeness (QED) is 0.0405. The molecule has 0 aromatic heterocycles. The Hall–Kier alpha value is -0.880. The summed E-state index contributed by atoms with van der Waals surface area (Å²) in [6.45, 7) is -1.99. The van der Waals surface area contributed by atoms with Crippen LogP contribution in [0.4, 0.5) is 0 Å². The van der Waals surface area contributed by atoms with E-state index in [4.69, 9.17) is 43.6 Å². The van der Waals surface area contributed by atoms with Crippen molar-refractivity contribution in [3.05, 3.63) is 0 Å². The van der Waals surface area contributed by atoms with Gasteiger partial charge in [0.2, 0.25) is 0 Å². The van der Waals surface area contributed by atoms with Crippen LogP contribution in [0.15, 0.2) is 0 Å². The first-order valence-corrected chi connectivity index (χ1v) is 16.7. The Labute approximate surface area is 293 Å². The molecule has 0 spiro atoms. The van der Waals surface area contributed by atoms with Crippen molar-refractivity contribution in [1.82, 2.24) is 0 Å². The Morgan fingerprint density at radius 2 is 1.10 bits per heavy atom. The average molecular weight is 754 g/mol. The van der Waals surface area contributed by atoms with Gasteiger partial charge in [0, 0.05) is 6.61 Å². The van der Waals surface area contributed by atoms with Crippen LogP contribution < -0.4 is 5.73 Å². The maximum absolute atomic E-state index is 11.0. The van der Waals surface area contributed by atoms with E-state index in [0.29, 0.717) is 19.4 Å². The van der Waals surface area contributed by atoms with Crippen LogP contribution in [0.25, 0.3) is 0 Å². The summed E-state index contributed by atoms with van der Waals surface area (Å²) < 4.78 is 44.4. The van der Waals surface area contributed by atoms with E-state index in [1.54, 1.807) is 0 Å². The van der Waals surface area contributed by atoms with Crippen molar-refractivity contribution in [2.75, 3.05) is 46.2 Å². The Morgan fingerprint density at radius 3 is 1.59 bits per heavy atom. The van der Waals surface area contributed by atoms with Crippen molar-refractivity contribution in [3.8, 4) is 0 Å². The molecule has 3 aliphatic heterocycles. The van der Waals surface area contributed by atoms with E-state index in [1.807, 2.05) is 0 Å². The second kappa shape index (κ2) is 21.3. The molecule has 0 saturated carbocycles. The lowest BCUT2D eigenvalue weighted by Gasteiger charge is -2.48. The van der Waals surface area contributed by atoms with Crippen molar-refractivity contribution in [2.24, 2.45) is 5.73 Å². The fraction of sp³-hybridized carbons (Fsp3) is 1.00. The minimum absolute atomic E-state index is 0.115. The minimum atomic E-state index is -2.00. The normalized spacial score (nSPS) is 41.6. The van der Waals surface area contributed by atoms with Crippen molar-refractivity contribution in [3.63, 3.8) is 0 Å². The molecule has 22 nitrogen and oxygen atoms in total. The van der Waals surface area contributed by atoms with E-state index in [2.05, 4.69) is 0 Å². The molecule has 3 heterocycles. The van der Waals surface area contributed by atoms with Gasteiger partial charge in [-0.15, -0.1) is 0 Å². The fourth-order valence-electron chi connectivity index (χ4n) is 5.70. The van der Waals surface area contributed by atoms with Gasteiger partial charge in [0.25, 0.3) is 0 Å². The molecular weight excluding hydrogens is 698 g/mol. The Morgan fingerprint density at radius 1 is 0.608 bits per heavy atom. The molecule has 3 saturated heterocycles. The summed E-state index contributed by atoms with van der Waals surface area (Å²) in [5.74, 6) is 0. The zero-order chi connectivity index (χ0) is 38.0. The van der Waals surface area contributed by atoms with Gasteiger partial charge in [-0.3, -0.25) is 0 Å². The highest BCUT2D eigenvalue weighted by Crippen LogP contribution is 2.33. The number of ether oxygens (including phenoxy) is 8. The van der Waals surface area contributed by atoms with Crippen LogP contribution in [0.3, 0.4) is 0 Å². The molecule has 302 valence electrons. The second-order valence-electron chi connectivity index (χ2n) is 12.5. The van der Waals surface area contributed by atoms with E-state index in [9.17, 15) is 66.4 Å². The van der Waals surface area contributed by atoms with Gasteiger partial charge in [0.1, 0.15) is 85.5 Å². The van der Waals surface area contributed by atoms with Crippen molar-refractivity contribution >= 4 is 0 Å². The van der Waals surface area contributed by atoms with E-state index in [0.717, 1.165) is 0 Å². The van der Waals surface area contributed by atoms with Gasteiger partial charge in [0.05, 0.1) is 39.1 Å². The molecule has 17 unspecified atom stereocenters. The SMILES string of the molecule is C[C@H](OC1OC(CO)C(OC2OC(CO)C(OC3OC(CO)C(O)C(O)C3O)C(O)C2O)C(O)C1O)C(CO)OC(OCCCCN)[C@@H](O)CO. The molecule has 22 heteroatoms. The molecule has 19 atom stereocenters. The average Bonchev–Trinajstić information content (AvgIpc) is 3.13. The van der Waals surface area contributed by atoms with Gasteiger partial charge in [-0.2, -0.15) is 0 Å². The number of hydrogen-bond acceptors (Lipinski definition) is 22. The zero-order valence-electron chi connectivity index (χ0n) is 28.0. The zero-order valence-corrected chi connectivity index (χ0v) is 28.0. The van der Waals surface area contributed by atoms with Crippen LogP contribution in [0.5, 0.6) is 0 Å². The topological polar surface area (TPSA) is 363 Å². The maximum atomic E-state index is 11.0. The summed E-state index contributed by atoms with van der Waals surface area (Å²) in [7, 11) is 0. The molecule has 0 aliphatic carbocycles. The lowest BCUT2D eigenvalue weighted by Crippen LogP contribution is -2.66. The molecule has 0 radical (unpaired) electrons. The van der Waals surface area contributed by atoms with Crippen LogP contribution in [0.1, 0.15) is 19.8 Å². The van der Waals surface area contributed by atoms with E-state index >= 15 is 0 Å². The third-order valence-electron chi connectivity index (χ3n) is 8.82. The molecule has 0 amide bonds. The summed E-state index contributed by atoms with van der Waals surface area (Å²) in [4.78, 5) is 0. The minimum Gasteiger partial charge on any atom is -0.394 e. The van der Waals surface area contributed by atoms with Crippen molar-refractivity contribution < 1.29 is 104 Å². The first-order chi connectivity index (χ1) is 24.3. The maximum Gasteiger partial charge on any atom is 0.187 e. The highest BCUT2D eigenvalue weighted by Gasteiger charge is 2.53.